The van der Waals surface area contributed by atoms with Crippen molar-refractivity contribution in [2.75, 3.05) is 24.7 Å². The number of aliphatic imine (C=N–C) groups is 1. The van der Waals surface area contributed by atoms with Gasteiger partial charge in [-0.05, 0) is 0 Å². The molecule has 1 aliphatic rings. The summed E-state index contributed by atoms with van der Waals surface area (Å²) in [6, 6.07) is 0. The second-order valence-electron chi connectivity index (χ2n) is 4.09. The third kappa shape index (κ3) is 5.33. The molecule has 1 aliphatic heterocycles. The van der Waals surface area contributed by atoms with Crippen molar-refractivity contribution >= 4 is 56.3 Å². The third-order valence-electron chi connectivity index (χ3n) is 2.38. The van der Waals surface area contributed by atoms with Crippen molar-refractivity contribution in [3.05, 3.63) is 5.82 Å². The maximum absolute atomic E-state index is 11.1. The summed E-state index contributed by atoms with van der Waals surface area (Å²) >= 11 is 2.77. The molecule has 0 amide bonds. The monoisotopic (exact) mass is 377 g/mol. The number of nitrogens with one attached hydrogen (secondary N) is 2. The standard InChI is InChI=1S/C9H15N9O2S3/c1-12-8(11)15-9-14-5(16-22-9)4-21-3-2-13-7-6(10)17-23(19,20)18-7/h2-4H2,1H3,(H2,10,17)(H,13,18)(H3,11,12,14,15,16). The van der Waals surface area contributed by atoms with Gasteiger partial charge < -0.3 is 22.1 Å². The van der Waals surface area contributed by atoms with Crippen LogP contribution in [0.25, 0.3) is 0 Å². The Morgan fingerprint density at radius 2 is 2.22 bits per heavy atom. The molecule has 0 fully saturated rings. The van der Waals surface area contributed by atoms with E-state index in [-0.39, 0.29) is 17.6 Å². The maximum atomic E-state index is 11.1. The third-order valence-corrected chi connectivity index (χ3v) is 4.84. The van der Waals surface area contributed by atoms with Crippen LogP contribution < -0.4 is 22.1 Å². The van der Waals surface area contributed by atoms with Crippen molar-refractivity contribution in [3.8, 4) is 0 Å². The Labute approximate surface area is 141 Å². The van der Waals surface area contributed by atoms with Gasteiger partial charge in [0, 0.05) is 30.9 Å². The van der Waals surface area contributed by atoms with E-state index in [1.54, 1.807) is 18.8 Å². The molecule has 14 heteroatoms. The Morgan fingerprint density at radius 3 is 2.87 bits per heavy atom. The van der Waals surface area contributed by atoms with Gasteiger partial charge in [0.15, 0.2) is 23.5 Å². The fourth-order valence-electron chi connectivity index (χ4n) is 1.41. The van der Waals surface area contributed by atoms with Gasteiger partial charge in [-0.2, -0.15) is 24.6 Å². The minimum Gasteiger partial charge on any atom is -0.380 e. The summed E-state index contributed by atoms with van der Waals surface area (Å²) in [6.07, 6.45) is 0. The number of anilines is 1. The molecule has 0 spiro atoms. The molecule has 0 aliphatic carbocycles. The van der Waals surface area contributed by atoms with Crippen molar-refractivity contribution in [1.29, 1.82) is 0 Å². The lowest BCUT2D eigenvalue weighted by atomic mass is 10.5. The molecule has 23 heavy (non-hydrogen) atoms. The molecule has 2 heterocycles. The van der Waals surface area contributed by atoms with Crippen LogP contribution in [0.4, 0.5) is 5.13 Å². The molecule has 2 rings (SSSR count). The molecule has 6 N–H and O–H groups in total. The number of hydrogen-bond acceptors (Lipinski definition) is 9. The first-order chi connectivity index (χ1) is 10.9. The largest absolute Gasteiger partial charge is 0.380 e. The summed E-state index contributed by atoms with van der Waals surface area (Å²) in [6.45, 7) is 0.486. The van der Waals surface area contributed by atoms with Gasteiger partial charge in [0.05, 0.1) is 5.75 Å². The van der Waals surface area contributed by atoms with Gasteiger partial charge in [-0.25, -0.2) is 4.98 Å². The first-order valence-electron chi connectivity index (χ1n) is 6.24. The summed E-state index contributed by atoms with van der Waals surface area (Å²) in [5.74, 6) is 2.20. The molecule has 11 nitrogen and oxygen atoms in total. The summed E-state index contributed by atoms with van der Waals surface area (Å²) in [7, 11) is -2.23. The van der Waals surface area contributed by atoms with Gasteiger partial charge in [0.1, 0.15) is 0 Å². The first-order valence-corrected chi connectivity index (χ1v) is 9.56. The summed E-state index contributed by atoms with van der Waals surface area (Å²) < 4.78 is 33.0. The van der Waals surface area contributed by atoms with Crippen molar-refractivity contribution < 1.29 is 8.42 Å². The molecule has 0 aromatic carbocycles. The van der Waals surface area contributed by atoms with Gasteiger partial charge in [-0.15, -0.1) is 8.80 Å². The summed E-state index contributed by atoms with van der Waals surface area (Å²) in [5.41, 5.74) is 11.0. The average molecular weight is 377 g/mol. The molecular weight excluding hydrogens is 362 g/mol. The number of guanidine groups is 1. The average Bonchev–Trinajstić information content (AvgIpc) is 3.02. The number of aromatic nitrogens is 2. The Balaban J connectivity index is 1.70. The lowest BCUT2D eigenvalue weighted by Gasteiger charge is -2.03. The van der Waals surface area contributed by atoms with Gasteiger partial charge >= 0.3 is 10.2 Å². The molecule has 0 bridgehead atoms. The zero-order valence-corrected chi connectivity index (χ0v) is 14.5. The summed E-state index contributed by atoms with van der Waals surface area (Å²) in [5, 5.41) is 6.22. The van der Waals surface area contributed by atoms with Crippen molar-refractivity contribution in [1.82, 2.24) is 14.7 Å². The molecule has 126 valence electrons. The van der Waals surface area contributed by atoms with Gasteiger partial charge in [-0.3, -0.25) is 4.99 Å². The number of nitrogens with two attached hydrogens (primary N) is 2. The second-order valence-corrected chi connectivity index (χ2v) is 7.21. The van der Waals surface area contributed by atoms with Gasteiger partial charge in [-0.1, -0.05) is 0 Å². The van der Waals surface area contributed by atoms with E-state index in [9.17, 15) is 8.42 Å². The van der Waals surface area contributed by atoms with E-state index in [1.165, 1.54) is 11.5 Å². The number of rotatable bonds is 6. The Morgan fingerprint density at radius 1 is 1.43 bits per heavy atom. The zero-order valence-electron chi connectivity index (χ0n) is 12.1. The SMILES string of the molecule is CN=C(N)Nc1nc(CSCCNC2=NS(=O)(=O)N=C2N)ns1. The number of amidine groups is 2. The highest BCUT2D eigenvalue weighted by Crippen LogP contribution is 2.15. The quantitative estimate of drug-likeness (QED) is 0.268. The van der Waals surface area contributed by atoms with Crippen LogP contribution in [0.3, 0.4) is 0 Å². The van der Waals surface area contributed by atoms with Crippen LogP contribution in [0, 0.1) is 0 Å². The number of thioether (sulfide) groups is 1. The van der Waals surface area contributed by atoms with Crippen molar-refractivity contribution in [2.24, 2.45) is 25.3 Å². The van der Waals surface area contributed by atoms with Gasteiger partial charge in [0.2, 0.25) is 5.13 Å². The van der Waals surface area contributed by atoms with Crippen LogP contribution in [0.15, 0.2) is 13.8 Å². The molecule has 1 aromatic heterocycles. The molecule has 0 atom stereocenters. The van der Waals surface area contributed by atoms with Crippen LogP contribution in [-0.4, -0.2) is 54.8 Å². The van der Waals surface area contributed by atoms with Crippen molar-refractivity contribution in [2.45, 2.75) is 5.75 Å². The van der Waals surface area contributed by atoms with Crippen LogP contribution in [0.5, 0.6) is 0 Å². The lowest BCUT2D eigenvalue weighted by Crippen LogP contribution is -2.35. The second kappa shape index (κ2) is 7.56. The highest BCUT2D eigenvalue weighted by atomic mass is 32.2. The maximum Gasteiger partial charge on any atom is 0.367 e. The Hall–Kier alpha value is -1.93. The molecule has 0 saturated carbocycles. The van der Waals surface area contributed by atoms with Crippen molar-refractivity contribution in [3.63, 3.8) is 0 Å². The van der Waals surface area contributed by atoms with Crippen LogP contribution >= 0.6 is 23.3 Å². The zero-order chi connectivity index (χ0) is 16.9. The molecule has 0 saturated heterocycles. The highest BCUT2D eigenvalue weighted by Gasteiger charge is 2.20. The first kappa shape index (κ1) is 17.4. The van der Waals surface area contributed by atoms with Crippen LogP contribution in [-0.2, 0) is 16.0 Å². The lowest BCUT2D eigenvalue weighted by molar-refractivity contribution is 0.600. The fraction of sp³-hybridized carbons (Fsp3) is 0.444. The van der Waals surface area contributed by atoms with E-state index in [0.29, 0.717) is 29.0 Å². The fourth-order valence-corrected chi connectivity index (χ4v) is 3.55. The van der Waals surface area contributed by atoms with E-state index in [2.05, 4.69) is 33.8 Å². The summed E-state index contributed by atoms with van der Waals surface area (Å²) in [4.78, 5) is 8.02. The highest BCUT2D eigenvalue weighted by molar-refractivity contribution is 7.98. The molecule has 0 radical (unpaired) electrons. The number of hydrogen-bond donors (Lipinski definition) is 4. The van der Waals surface area contributed by atoms with E-state index in [1.807, 2.05) is 0 Å². The normalized spacial score (nSPS) is 16.8. The smallest absolute Gasteiger partial charge is 0.367 e. The Bertz CT molecular complexity index is 752. The van der Waals surface area contributed by atoms with Crippen LogP contribution in [0.2, 0.25) is 0 Å². The predicted octanol–water partition coefficient (Wildman–Crippen LogP) is -1.27. The molecular formula is C9H15N9O2S3. The van der Waals surface area contributed by atoms with E-state index in [4.69, 9.17) is 11.5 Å². The molecule has 0 unspecified atom stereocenters. The minimum atomic E-state index is -3.80. The van der Waals surface area contributed by atoms with E-state index >= 15 is 0 Å². The van der Waals surface area contributed by atoms with E-state index < -0.39 is 10.2 Å². The predicted molar refractivity (Wildman–Crippen MR) is 93.2 cm³/mol. The Kier molecular flexibility index (Phi) is 5.73. The molecule has 1 aromatic rings. The topological polar surface area (TPSA) is 173 Å². The minimum absolute atomic E-state index is 0.0817. The van der Waals surface area contributed by atoms with Gasteiger partial charge in [0.25, 0.3) is 0 Å². The van der Waals surface area contributed by atoms with Crippen LogP contribution in [0.1, 0.15) is 5.82 Å². The number of nitrogens with zero attached hydrogens (tertiary/aromatic N) is 5. The van der Waals surface area contributed by atoms with E-state index in [0.717, 1.165) is 0 Å².